The summed E-state index contributed by atoms with van der Waals surface area (Å²) in [5, 5.41) is 3.23. The van der Waals surface area contributed by atoms with E-state index in [0.29, 0.717) is 17.6 Å². The molecule has 1 rings (SSSR count). The number of nitrogens with one attached hydrogen (secondary N) is 2. The molecular formula is C10H15BrCl2N2O2S. The fraction of sp³-hybridized carbons (Fsp3) is 0.400. The van der Waals surface area contributed by atoms with Crippen LogP contribution in [0.4, 0.5) is 0 Å². The molecule has 0 saturated heterocycles. The molecule has 0 heterocycles. The van der Waals surface area contributed by atoms with Gasteiger partial charge in [0.05, 0.1) is 5.02 Å². The topological polar surface area (TPSA) is 58.2 Å². The summed E-state index contributed by atoms with van der Waals surface area (Å²) in [5.74, 6) is 0. The zero-order chi connectivity index (χ0) is 12.9. The van der Waals surface area contributed by atoms with E-state index < -0.39 is 10.0 Å². The number of likely N-dealkylation sites (N-methyl/N-ethyl adjacent to an activating group) is 1. The molecule has 0 bridgehead atoms. The molecule has 0 fully saturated rings. The van der Waals surface area contributed by atoms with E-state index in [4.69, 9.17) is 11.6 Å². The maximum Gasteiger partial charge on any atom is 0.243 e. The third-order valence-corrected chi connectivity index (χ3v) is 4.94. The van der Waals surface area contributed by atoms with Crippen LogP contribution in [0.1, 0.15) is 6.92 Å². The molecule has 0 saturated carbocycles. The van der Waals surface area contributed by atoms with Crippen molar-refractivity contribution in [3.63, 3.8) is 0 Å². The van der Waals surface area contributed by atoms with E-state index in [1.165, 1.54) is 0 Å². The number of rotatable bonds is 6. The molecule has 4 nitrogen and oxygen atoms in total. The normalized spacial score (nSPS) is 11.1. The maximum absolute atomic E-state index is 12.0. The lowest BCUT2D eigenvalue weighted by molar-refractivity contribution is 0.577. The van der Waals surface area contributed by atoms with Crippen LogP contribution >= 0.6 is 39.9 Å². The van der Waals surface area contributed by atoms with Crippen LogP contribution in [0.25, 0.3) is 0 Å². The van der Waals surface area contributed by atoms with Crippen molar-refractivity contribution in [2.45, 2.75) is 11.8 Å². The molecule has 18 heavy (non-hydrogen) atoms. The third-order valence-electron chi connectivity index (χ3n) is 2.03. The van der Waals surface area contributed by atoms with E-state index in [1.807, 2.05) is 6.92 Å². The van der Waals surface area contributed by atoms with Crippen molar-refractivity contribution < 1.29 is 8.42 Å². The Morgan fingerprint density at radius 1 is 1.33 bits per heavy atom. The Morgan fingerprint density at radius 2 is 2.00 bits per heavy atom. The van der Waals surface area contributed by atoms with E-state index in [1.54, 1.807) is 18.2 Å². The summed E-state index contributed by atoms with van der Waals surface area (Å²) >= 11 is 9.08. The van der Waals surface area contributed by atoms with Crippen molar-refractivity contribution in [3.8, 4) is 0 Å². The summed E-state index contributed by atoms with van der Waals surface area (Å²) in [7, 11) is -3.57. The van der Waals surface area contributed by atoms with Crippen LogP contribution in [0.15, 0.2) is 27.6 Å². The number of halogens is 3. The Kier molecular flexibility index (Phi) is 8.42. The van der Waals surface area contributed by atoms with Gasteiger partial charge in [-0.1, -0.05) is 24.6 Å². The highest BCUT2D eigenvalue weighted by Gasteiger charge is 2.20. The Bertz CT molecular complexity index is 463. The Hall–Kier alpha value is 0.150. The Labute approximate surface area is 127 Å². The van der Waals surface area contributed by atoms with E-state index in [9.17, 15) is 8.42 Å². The van der Waals surface area contributed by atoms with Gasteiger partial charge in [-0.2, -0.15) is 0 Å². The van der Waals surface area contributed by atoms with Crippen LogP contribution < -0.4 is 10.0 Å². The number of benzene rings is 1. The summed E-state index contributed by atoms with van der Waals surface area (Å²) in [6, 6.07) is 4.87. The smallest absolute Gasteiger partial charge is 0.243 e. The molecule has 0 aliphatic heterocycles. The first-order valence-corrected chi connectivity index (χ1v) is 7.79. The van der Waals surface area contributed by atoms with Crippen LogP contribution in [0.3, 0.4) is 0 Å². The highest BCUT2D eigenvalue weighted by molar-refractivity contribution is 9.10. The molecule has 8 heteroatoms. The largest absolute Gasteiger partial charge is 0.316 e. The van der Waals surface area contributed by atoms with Gasteiger partial charge >= 0.3 is 0 Å². The molecule has 0 spiro atoms. The van der Waals surface area contributed by atoms with Crippen molar-refractivity contribution in [1.29, 1.82) is 0 Å². The van der Waals surface area contributed by atoms with Crippen LogP contribution in [0, 0.1) is 0 Å². The maximum atomic E-state index is 12.0. The van der Waals surface area contributed by atoms with Gasteiger partial charge < -0.3 is 5.32 Å². The molecule has 1 aromatic carbocycles. The second-order valence-electron chi connectivity index (χ2n) is 3.30. The van der Waals surface area contributed by atoms with Gasteiger partial charge in [0.1, 0.15) is 4.90 Å². The van der Waals surface area contributed by atoms with Gasteiger partial charge in [-0.3, -0.25) is 0 Å². The molecule has 0 unspecified atom stereocenters. The average Bonchev–Trinajstić information content (AvgIpc) is 2.24. The van der Waals surface area contributed by atoms with E-state index in [0.717, 1.165) is 6.54 Å². The number of hydrogen-bond donors (Lipinski definition) is 2. The van der Waals surface area contributed by atoms with Crippen LogP contribution in [0.5, 0.6) is 0 Å². The van der Waals surface area contributed by atoms with Crippen molar-refractivity contribution >= 4 is 50.0 Å². The van der Waals surface area contributed by atoms with Gasteiger partial charge in [-0.25, -0.2) is 13.1 Å². The van der Waals surface area contributed by atoms with Crippen molar-refractivity contribution in [1.82, 2.24) is 10.0 Å². The van der Waals surface area contributed by atoms with Crippen molar-refractivity contribution in [2.24, 2.45) is 0 Å². The standard InChI is InChI=1S/C10H14BrClN2O2S.ClH/c1-2-13-6-7-14-17(15,16)10-8(11)4-3-5-9(10)12;/h3-5,13-14H,2,6-7H2,1H3;1H. The SMILES string of the molecule is CCNCCNS(=O)(=O)c1c(Cl)cccc1Br.Cl. The van der Waals surface area contributed by atoms with Gasteiger partial charge in [0.2, 0.25) is 10.0 Å². The quantitative estimate of drug-likeness (QED) is 0.748. The van der Waals surface area contributed by atoms with Crippen molar-refractivity contribution in [3.05, 3.63) is 27.7 Å². The molecule has 0 radical (unpaired) electrons. The molecule has 0 aromatic heterocycles. The lowest BCUT2D eigenvalue weighted by Crippen LogP contribution is -2.32. The van der Waals surface area contributed by atoms with Gasteiger partial charge in [0, 0.05) is 17.6 Å². The fourth-order valence-electron chi connectivity index (χ4n) is 1.26. The second-order valence-corrected chi connectivity index (χ2v) is 6.27. The van der Waals surface area contributed by atoms with E-state index in [2.05, 4.69) is 26.0 Å². The predicted molar refractivity (Wildman–Crippen MR) is 80.1 cm³/mol. The van der Waals surface area contributed by atoms with E-state index in [-0.39, 0.29) is 22.3 Å². The molecular weight excluding hydrogens is 363 g/mol. The van der Waals surface area contributed by atoms with Crippen LogP contribution in [-0.4, -0.2) is 28.1 Å². The zero-order valence-electron chi connectivity index (χ0n) is 9.74. The molecule has 0 atom stereocenters. The molecule has 0 aliphatic carbocycles. The molecule has 1 aromatic rings. The molecule has 104 valence electrons. The minimum atomic E-state index is -3.57. The molecule has 2 N–H and O–H groups in total. The Balaban J connectivity index is 0.00000289. The lowest BCUT2D eigenvalue weighted by Gasteiger charge is -2.10. The highest BCUT2D eigenvalue weighted by Crippen LogP contribution is 2.28. The van der Waals surface area contributed by atoms with Gasteiger partial charge in [0.15, 0.2) is 0 Å². The first-order chi connectivity index (χ1) is 7.99. The summed E-state index contributed by atoms with van der Waals surface area (Å²) in [6.45, 7) is 3.67. The first-order valence-electron chi connectivity index (χ1n) is 5.13. The minimum Gasteiger partial charge on any atom is -0.316 e. The monoisotopic (exact) mass is 376 g/mol. The van der Waals surface area contributed by atoms with Crippen LogP contribution in [0.2, 0.25) is 5.02 Å². The van der Waals surface area contributed by atoms with Gasteiger partial charge in [-0.05, 0) is 34.6 Å². The third kappa shape index (κ3) is 5.03. The first kappa shape index (κ1) is 18.1. The van der Waals surface area contributed by atoms with Crippen LogP contribution in [-0.2, 0) is 10.0 Å². The second kappa shape index (κ2) is 8.35. The van der Waals surface area contributed by atoms with Gasteiger partial charge in [0.25, 0.3) is 0 Å². The van der Waals surface area contributed by atoms with Crippen molar-refractivity contribution in [2.75, 3.05) is 19.6 Å². The highest BCUT2D eigenvalue weighted by atomic mass is 79.9. The molecule has 0 amide bonds. The number of sulfonamides is 1. The zero-order valence-corrected chi connectivity index (χ0v) is 13.7. The summed E-state index contributed by atoms with van der Waals surface area (Å²) in [6.07, 6.45) is 0. The van der Waals surface area contributed by atoms with Gasteiger partial charge in [-0.15, -0.1) is 12.4 Å². The number of hydrogen-bond acceptors (Lipinski definition) is 3. The molecule has 0 aliphatic rings. The predicted octanol–water partition coefficient (Wildman–Crippen LogP) is 2.41. The Morgan fingerprint density at radius 3 is 2.56 bits per heavy atom. The summed E-state index contributed by atoms with van der Waals surface area (Å²) in [4.78, 5) is 0.0816. The minimum absolute atomic E-state index is 0. The summed E-state index contributed by atoms with van der Waals surface area (Å²) in [5.41, 5.74) is 0. The van der Waals surface area contributed by atoms with E-state index >= 15 is 0 Å². The summed E-state index contributed by atoms with van der Waals surface area (Å²) < 4.78 is 26.9. The lowest BCUT2D eigenvalue weighted by atomic mass is 10.4. The average molecular weight is 378 g/mol. The fourth-order valence-corrected chi connectivity index (χ4v) is 4.03.